The van der Waals surface area contributed by atoms with Gasteiger partial charge in [0.25, 0.3) is 5.56 Å². The van der Waals surface area contributed by atoms with Gasteiger partial charge in [-0.1, -0.05) is 0 Å². The Morgan fingerprint density at radius 2 is 2.36 bits per heavy atom. The Kier molecular flexibility index (Phi) is 2.85. The number of aromatic nitrogens is 2. The van der Waals surface area contributed by atoms with Gasteiger partial charge in [-0.15, -0.1) is 0 Å². The van der Waals surface area contributed by atoms with Crippen LogP contribution >= 0.6 is 0 Å². The summed E-state index contributed by atoms with van der Waals surface area (Å²) in [6.07, 6.45) is 0. The topological polar surface area (TPSA) is 95.1 Å². The summed E-state index contributed by atoms with van der Waals surface area (Å²) in [5.74, 6) is -0.834. The normalized spacial score (nSPS) is 12.1. The van der Waals surface area contributed by atoms with E-state index in [0.717, 1.165) is 0 Å². The Balaban J connectivity index is 2.87. The fourth-order valence-corrected chi connectivity index (χ4v) is 0.914. The van der Waals surface area contributed by atoms with Crippen molar-refractivity contribution in [1.29, 1.82) is 0 Å². The molecule has 0 aliphatic carbocycles. The second-order valence-corrected chi connectivity index (χ2v) is 2.94. The number of nitrogens with one attached hydrogen (secondary N) is 2. The average molecular weight is 197 g/mol. The minimum Gasteiger partial charge on any atom is -0.480 e. The minimum atomic E-state index is -1.01. The van der Waals surface area contributed by atoms with Gasteiger partial charge >= 0.3 is 5.97 Å². The lowest BCUT2D eigenvalue weighted by molar-refractivity contribution is -0.137. The van der Waals surface area contributed by atoms with E-state index in [-0.39, 0.29) is 11.5 Å². The van der Waals surface area contributed by atoms with Gasteiger partial charge in [0.05, 0.1) is 0 Å². The lowest BCUT2D eigenvalue weighted by atomic mass is 10.3. The van der Waals surface area contributed by atoms with Crippen molar-refractivity contribution in [2.24, 2.45) is 0 Å². The second-order valence-electron chi connectivity index (χ2n) is 2.94. The first-order chi connectivity index (χ1) is 6.49. The molecule has 1 atom stereocenters. The average Bonchev–Trinajstić information content (AvgIpc) is 2.01. The molecule has 0 bridgehead atoms. The molecule has 0 saturated heterocycles. The Morgan fingerprint density at radius 3 is 2.86 bits per heavy atom. The van der Waals surface area contributed by atoms with Gasteiger partial charge in [-0.25, -0.2) is 4.98 Å². The molecule has 1 heterocycles. The van der Waals surface area contributed by atoms with Crippen molar-refractivity contribution in [1.82, 2.24) is 9.97 Å². The summed E-state index contributed by atoms with van der Waals surface area (Å²) in [4.78, 5) is 27.8. The smallest absolute Gasteiger partial charge is 0.325 e. The van der Waals surface area contributed by atoms with Crippen LogP contribution in [0.4, 0.5) is 5.95 Å². The Labute approximate surface area is 80.0 Å². The van der Waals surface area contributed by atoms with Crippen molar-refractivity contribution in [3.8, 4) is 0 Å². The van der Waals surface area contributed by atoms with Gasteiger partial charge in [-0.2, -0.15) is 0 Å². The molecule has 0 saturated carbocycles. The molecule has 6 heteroatoms. The zero-order chi connectivity index (χ0) is 10.7. The molecular weight excluding hydrogens is 186 g/mol. The molecule has 0 spiro atoms. The van der Waals surface area contributed by atoms with Crippen LogP contribution < -0.4 is 10.9 Å². The maximum absolute atomic E-state index is 11.0. The predicted octanol–water partition coefficient (Wildman–Crippen LogP) is -0.0367. The van der Waals surface area contributed by atoms with Gasteiger partial charge in [-0.3, -0.25) is 14.6 Å². The van der Waals surface area contributed by atoms with E-state index in [1.807, 2.05) is 0 Å². The van der Waals surface area contributed by atoms with Crippen LogP contribution in [0.2, 0.25) is 0 Å². The molecule has 76 valence electrons. The largest absolute Gasteiger partial charge is 0.480 e. The van der Waals surface area contributed by atoms with Gasteiger partial charge < -0.3 is 10.4 Å². The number of nitrogens with zero attached hydrogens (tertiary/aromatic N) is 1. The zero-order valence-corrected chi connectivity index (χ0v) is 7.87. The molecule has 0 aromatic carbocycles. The Morgan fingerprint density at radius 1 is 1.71 bits per heavy atom. The number of carbonyl (C=O) groups is 1. The highest BCUT2D eigenvalue weighted by Gasteiger charge is 2.11. The third kappa shape index (κ3) is 2.58. The summed E-state index contributed by atoms with van der Waals surface area (Å²) in [6, 6.07) is 0.538. The van der Waals surface area contributed by atoms with E-state index < -0.39 is 12.0 Å². The number of aromatic amines is 1. The van der Waals surface area contributed by atoms with Gasteiger partial charge in [0.2, 0.25) is 5.95 Å². The van der Waals surface area contributed by atoms with Gasteiger partial charge in [0, 0.05) is 11.8 Å². The van der Waals surface area contributed by atoms with E-state index in [9.17, 15) is 9.59 Å². The van der Waals surface area contributed by atoms with E-state index >= 15 is 0 Å². The van der Waals surface area contributed by atoms with Crippen molar-refractivity contribution in [2.45, 2.75) is 19.9 Å². The first kappa shape index (κ1) is 10.2. The van der Waals surface area contributed by atoms with Crippen LogP contribution in [0.3, 0.4) is 0 Å². The fourth-order valence-electron chi connectivity index (χ4n) is 0.914. The summed E-state index contributed by atoms with van der Waals surface area (Å²) in [7, 11) is 0. The van der Waals surface area contributed by atoms with Gasteiger partial charge in [0.15, 0.2) is 0 Å². The van der Waals surface area contributed by atoms with Gasteiger partial charge in [0.1, 0.15) is 6.04 Å². The highest BCUT2D eigenvalue weighted by Crippen LogP contribution is 1.98. The first-order valence-corrected chi connectivity index (χ1v) is 4.06. The third-order valence-corrected chi connectivity index (χ3v) is 1.59. The van der Waals surface area contributed by atoms with E-state index in [1.165, 1.54) is 13.0 Å². The summed E-state index contributed by atoms with van der Waals surface area (Å²) in [5.41, 5.74) is 0.228. The fraction of sp³-hybridized carbons (Fsp3) is 0.375. The molecule has 6 nitrogen and oxygen atoms in total. The molecule has 3 N–H and O–H groups in total. The van der Waals surface area contributed by atoms with Crippen LogP contribution in [0, 0.1) is 6.92 Å². The van der Waals surface area contributed by atoms with Crippen molar-refractivity contribution >= 4 is 11.9 Å². The number of carboxylic acid groups (broad SMARTS) is 1. The quantitative estimate of drug-likeness (QED) is 0.632. The van der Waals surface area contributed by atoms with Crippen molar-refractivity contribution < 1.29 is 9.90 Å². The number of H-pyrrole nitrogens is 1. The molecule has 14 heavy (non-hydrogen) atoms. The lowest BCUT2D eigenvalue weighted by Crippen LogP contribution is -2.27. The van der Waals surface area contributed by atoms with E-state index in [2.05, 4.69) is 15.3 Å². The number of aliphatic carboxylic acids is 1. The molecule has 0 radical (unpaired) electrons. The highest BCUT2D eigenvalue weighted by atomic mass is 16.4. The predicted molar refractivity (Wildman–Crippen MR) is 50.3 cm³/mol. The third-order valence-electron chi connectivity index (χ3n) is 1.59. The van der Waals surface area contributed by atoms with E-state index in [1.54, 1.807) is 6.92 Å². The zero-order valence-electron chi connectivity index (χ0n) is 7.87. The maximum atomic E-state index is 11.0. The van der Waals surface area contributed by atoms with Crippen LogP contribution in [0.15, 0.2) is 10.9 Å². The number of hydrogen-bond acceptors (Lipinski definition) is 4. The molecule has 0 aliphatic rings. The molecule has 1 rings (SSSR count). The second kappa shape index (κ2) is 3.91. The van der Waals surface area contributed by atoms with Gasteiger partial charge in [-0.05, 0) is 13.8 Å². The summed E-state index contributed by atoms with van der Waals surface area (Å²) >= 11 is 0. The van der Waals surface area contributed by atoms with E-state index in [4.69, 9.17) is 5.11 Å². The van der Waals surface area contributed by atoms with Crippen LogP contribution in [0.25, 0.3) is 0 Å². The number of aryl methyl sites for hydroxylation is 1. The number of rotatable bonds is 3. The highest BCUT2D eigenvalue weighted by molar-refractivity contribution is 5.75. The SMILES string of the molecule is Cc1cc(=O)[nH]c(NC(C)C(=O)O)n1. The number of carboxylic acids is 1. The van der Waals surface area contributed by atoms with Crippen molar-refractivity contribution in [3.63, 3.8) is 0 Å². The van der Waals surface area contributed by atoms with Crippen LogP contribution in [-0.2, 0) is 4.79 Å². The Hall–Kier alpha value is -1.85. The first-order valence-electron chi connectivity index (χ1n) is 4.06. The van der Waals surface area contributed by atoms with Crippen LogP contribution in [0.1, 0.15) is 12.6 Å². The number of hydrogen-bond donors (Lipinski definition) is 3. The number of anilines is 1. The van der Waals surface area contributed by atoms with Crippen LogP contribution in [0.5, 0.6) is 0 Å². The molecular formula is C8H11N3O3. The summed E-state index contributed by atoms with van der Waals surface area (Å²) in [5, 5.41) is 11.2. The molecule has 0 amide bonds. The lowest BCUT2D eigenvalue weighted by Gasteiger charge is -2.09. The van der Waals surface area contributed by atoms with Crippen molar-refractivity contribution in [3.05, 3.63) is 22.1 Å². The molecule has 1 aromatic rings. The maximum Gasteiger partial charge on any atom is 0.325 e. The van der Waals surface area contributed by atoms with Crippen molar-refractivity contribution in [2.75, 3.05) is 5.32 Å². The Bertz CT molecular complexity index is 399. The molecule has 0 fully saturated rings. The van der Waals surface area contributed by atoms with E-state index in [0.29, 0.717) is 5.69 Å². The summed E-state index contributed by atoms with van der Waals surface area (Å²) in [6.45, 7) is 3.12. The minimum absolute atomic E-state index is 0.171. The standard InChI is InChI=1S/C8H11N3O3/c1-4-3-6(12)11-8(9-4)10-5(2)7(13)14/h3,5H,1-2H3,(H,13,14)(H2,9,10,11,12). The van der Waals surface area contributed by atoms with Crippen LogP contribution in [-0.4, -0.2) is 27.1 Å². The molecule has 1 aromatic heterocycles. The summed E-state index contributed by atoms with van der Waals surface area (Å²) < 4.78 is 0. The molecule has 1 unspecified atom stereocenters. The monoisotopic (exact) mass is 197 g/mol. The molecule has 0 aliphatic heterocycles.